The SMILES string of the molecule is C[C@@H]1C(=O)Nc2ccc(C(=O)COc3cccc([N+](=O)[O-])c3)cc21. The monoisotopic (exact) mass is 326 g/mol. The Bertz CT molecular complexity index is 847. The molecule has 1 aliphatic heterocycles. The van der Waals surface area contributed by atoms with Crippen LogP contribution in [-0.2, 0) is 4.79 Å². The largest absolute Gasteiger partial charge is 0.485 e. The Kier molecular flexibility index (Phi) is 3.99. The number of fused-ring (bicyclic) bond motifs is 1. The summed E-state index contributed by atoms with van der Waals surface area (Å²) >= 11 is 0. The second kappa shape index (κ2) is 6.11. The molecule has 1 atom stereocenters. The van der Waals surface area contributed by atoms with Crippen molar-refractivity contribution in [3.8, 4) is 5.75 Å². The number of Topliss-reactive ketones (excluding diaryl/α,β-unsaturated/α-hetero) is 1. The van der Waals surface area contributed by atoms with Crippen molar-refractivity contribution < 1.29 is 19.2 Å². The average Bonchev–Trinajstić information content (AvgIpc) is 2.87. The van der Waals surface area contributed by atoms with E-state index < -0.39 is 4.92 Å². The zero-order valence-corrected chi connectivity index (χ0v) is 12.8. The average molecular weight is 326 g/mol. The maximum absolute atomic E-state index is 12.3. The van der Waals surface area contributed by atoms with Crippen molar-refractivity contribution in [2.45, 2.75) is 12.8 Å². The van der Waals surface area contributed by atoms with E-state index >= 15 is 0 Å². The Morgan fingerprint density at radius 1 is 1.29 bits per heavy atom. The zero-order chi connectivity index (χ0) is 17.3. The highest BCUT2D eigenvalue weighted by Gasteiger charge is 2.27. The van der Waals surface area contributed by atoms with E-state index in [0.29, 0.717) is 11.3 Å². The van der Waals surface area contributed by atoms with E-state index in [-0.39, 0.29) is 35.7 Å². The van der Waals surface area contributed by atoms with Gasteiger partial charge in [0.25, 0.3) is 5.69 Å². The Balaban J connectivity index is 1.71. The number of carbonyl (C=O) groups is 2. The number of hydrogen-bond acceptors (Lipinski definition) is 5. The van der Waals surface area contributed by atoms with Crippen LogP contribution in [0.5, 0.6) is 5.75 Å². The first kappa shape index (κ1) is 15.7. The van der Waals surface area contributed by atoms with Crippen LogP contribution in [-0.4, -0.2) is 23.2 Å². The maximum Gasteiger partial charge on any atom is 0.273 e. The van der Waals surface area contributed by atoms with E-state index in [2.05, 4.69) is 5.32 Å². The van der Waals surface area contributed by atoms with E-state index in [0.717, 1.165) is 5.56 Å². The lowest BCUT2D eigenvalue weighted by Gasteiger charge is -2.07. The van der Waals surface area contributed by atoms with Gasteiger partial charge in [-0.1, -0.05) is 6.07 Å². The number of non-ortho nitro benzene ring substituents is 1. The molecular formula is C17H14N2O5. The van der Waals surface area contributed by atoms with Crippen molar-refractivity contribution in [3.05, 3.63) is 63.7 Å². The lowest BCUT2D eigenvalue weighted by molar-refractivity contribution is -0.384. The third-order valence-electron chi connectivity index (χ3n) is 3.89. The Morgan fingerprint density at radius 2 is 2.08 bits per heavy atom. The summed E-state index contributed by atoms with van der Waals surface area (Å²) in [7, 11) is 0. The summed E-state index contributed by atoms with van der Waals surface area (Å²) in [4.78, 5) is 34.1. The first-order valence-corrected chi connectivity index (χ1v) is 7.31. The number of carbonyl (C=O) groups excluding carboxylic acids is 2. The van der Waals surface area contributed by atoms with Gasteiger partial charge in [0.1, 0.15) is 5.75 Å². The third kappa shape index (κ3) is 2.96. The molecule has 2 aromatic rings. The fourth-order valence-corrected chi connectivity index (χ4v) is 2.51. The molecule has 0 radical (unpaired) electrons. The van der Waals surface area contributed by atoms with Crippen LogP contribution in [0.2, 0.25) is 0 Å². The van der Waals surface area contributed by atoms with Crippen molar-refractivity contribution in [2.24, 2.45) is 0 Å². The number of anilines is 1. The Labute approximate surface area is 137 Å². The quantitative estimate of drug-likeness (QED) is 0.517. The van der Waals surface area contributed by atoms with Crippen molar-refractivity contribution in [1.82, 2.24) is 0 Å². The molecule has 7 heteroatoms. The molecule has 1 amide bonds. The normalized spacial score (nSPS) is 15.5. The van der Waals surface area contributed by atoms with E-state index in [1.807, 2.05) is 0 Å². The standard InChI is InChI=1S/C17H14N2O5/c1-10-14-7-11(5-6-15(14)18-17(10)21)16(20)9-24-13-4-2-3-12(8-13)19(22)23/h2-8,10H,9H2,1H3,(H,18,21)/t10-/m0/s1. The first-order valence-electron chi connectivity index (χ1n) is 7.31. The highest BCUT2D eigenvalue weighted by molar-refractivity contribution is 6.04. The molecule has 1 aliphatic rings. The van der Waals surface area contributed by atoms with E-state index in [1.165, 1.54) is 18.2 Å². The lowest BCUT2D eigenvalue weighted by atomic mass is 9.99. The van der Waals surface area contributed by atoms with Crippen molar-refractivity contribution >= 4 is 23.1 Å². The number of hydrogen-bond donors (Lipinski definition) is 1. The molecule has 122 valence electrons. The molecular weight excluding hydrogens is 312 g/mol. The fraction of sp³-hybridized carbons (Fsp3) is 0.176. The minimum absolute atomic E-state index is 0.0950. The van der Waals surface area contributed by atoms with Crippen molar-refractivity contribution in [2.75, 3.05) is 11.9 Å². The molecule has 0 fully saturated rings. The number of benzene rings is 2. The number of ether oxygens (including phenoxy) is 1. The molecule has 1 N–H and O–H groups in total. The van der Waals surface area contributed by atoms with E-state index in [4.69, 9.17) is 4.74 Å². The van der Waals surface area contributed by atoms with Crippen molar-refractivity contribution in [3.63, 3.8) is 0 Å². The molecule has 7 nitrogen and oxygen atoms in total. The number of nitrogens with one attached hydrogen (secondary N) is 1. The molecule has 1 heterocycles. The van der Waals surface area contributed by atoms with Crippen LogP contribution in [0.3, 0.4) is 0 Å². The summed E-state index contributed by atoms with van der Waals surface area (Å²) in [5.74, 6) is -0.410. The molecule has 0 unspecified atom stereocenters. The van der Waals surface area contributed by atoms with Gasteiger partial charge < -0.3 is 10.1 Å². The van der Waals surface area contributed by atoms with E-state index in [1.54, 1.807) is 31.2 Å². The molecule has 3 rings (SSSR count). The van der Waals surface area contributed by atoms with E-state index in [9.17, 15) is 19.7 Å². The number of ketones is 1. The van der Waals surface area contributed by atoms with Gasteiger partial charge in [0.05, 0.1) is 16.9 Å². The summed E-state index contributed by atoms with van der Waals surface area (Å²) in [5, 5.41) is 13.5. The molecule has 0 aromatic heterocycles. The molecule has 0 aliphatic carbocycles. The highest BCUT2D eigenvalue weighted by Crippen LogP contribution is 2.32. The Hall–Kier alpha value is -3.22. The second-order valence-electron chi connectivity index (χ2n) is 5.48. The third-order valence-corrected chi connectivity index (χ3v) is 3.89. The summed E-state index contributed by atoms with van der Waals surface area (Å²) in [5.41, 5.74) is 1.82. The van der Waals surface area contributed by atoms with Gasteiger partial charge in [-0.05, 0) is 36.8 Å². The van der Waals surface area contributed by atoms with Crippen LogP contribution in [0.4, 0.5) is 11.4 Å². The number of nitro groups is 1. The van der Waals surface area contributed by atoms with Crippen LogP contribution in [0.15, 0.2) is 42.5 Å². The number of nitro benzene ring substituents is 1. The predicted molar refractivity (Wildman–Crippen MR) is 86.4 cm³/mol. The summed E-state index contributed by atoms with van der Waals surface area (Å²) < 4.78 is 5.34. The zero-order valence-electron chi connectivity index (χ0n) is 12.8. The predicted octanol–water partition coefficient (Wildman–Crippen LogP) is 2.91. The van der Waals surface area contributed by atoms with Gasteiger partial charge in [-0.3, -0.25) is 19.7 Å². The van der Waals surface area contributed by atoms with Crippen LogP contribution in [0.1, 0.15) is 28.8 Å². The smallest absolute Gasteiger partial charge is 0.273 e. The Morgan fingerprint density at radius 3 is 2.83 bits per heavy atom. The maximum atomic E-state index is 12.3. The summed E-state index contributed by atoms with van der Waals surface area (Å²) in [6.45, 7) is 1.53. The minimum atomic E-state index is -0.527. The first-order chi connectivity index (χ1) is 11.5. The van der Waals surface area contributed by atoms with Gasteiger partial charge >= 0.3 is 0 Å². The molecule has 24 heavy (non-hydrogen) atoms. The molecule has 0 saturated carbocycles. The summed E-state index contributed by atoms with van der Waals surface area (Å²) in [6.07, 6.45) is 0. The van der Waals surface area contributed by atoms with Gasteiger partial charge in [0.15, 0.2) is 12.4 Å². The molecule has 2 aromatic carbocycles. The van der Waals surface area contributed by atoms with Gasteiger partial charge in [0.2, 0.25) is 5.91 Å². The lowest BCUT2D eigenvalue weighted by Crippen LogP contribution is -2.12. The minimum Gasteiger partial charge on any atom is -0.485 e. The highest BCUT2D eigenvalue weighted by atomic mass is 16.6. The van der Waals surface area contributed by atoms with Gasteiger partial charge in [-0.15, -0.1) is 0 Å². The molecule has 0 spiro atoms. The second-order valence-corrected chi connectivity index (χ2v) is 5.48. The van der Waals surface area contributed by atoms with Crippen LogP contribution in [0.25, 0.3) is 0 Å². The molecule has 0 bridgehead atoms. The van der Waals surface area contributed by atoms with Crippen molar-refractivity contribution in [1.29, 1.82) is 0 Å². The number of nitrogens with zero attached hydrogens (tertiary/aromatic N) is 1. The topological polar surface area (TPSA) is 98.5 Å². The van der Waals surface area contributed by atoms with Crippen LogP contribution < -0.4 is 10.1 Å². The molecule has 0 saturated heterocycles. The summed E-state index contributed by atoms with van der Waals surface area (Å²) in [6, 6.07) is 10.6. The van der Waals surface area contributed by atoms with Crippen LogP contribution in [0, 0.1) is 10.1 Å². The van der Waals surface area contributed by atoms with Gasteiger partial charge in [-0.2, -0.15) is 0 Å². The number of amides is 1. The fourth-order valence-electron chi connectivity index (χ4n) is 2.51. The number of rotatable bonds is 5. The van der Waals surface area contributed by atoms with Gasteiger partial charge in [0, 0.05) is 17.3 Å². The van der Waals surface area contributed by atoms with Gasteiger partial charge in [-0.25, -0.2) is 0 Å². The van der Waals surface area contributed by atoms with Crippen LogP contribution >= 0.6 is 0 Å².